The molecule has 0 fully saturated rings. The smallest absolute Gasteiger partial charge is 0.196 e. The van der Waals surface area contributed by atoms with Gasteiger partial charge in [-0.1, -0.05) is 15.9 Å². The first-order valence-electron chi connectivity index (χ1n) is 6.47. The second kappa shape index (κ2) is 6.63. The second-order valence-electron chi connectivity index (χ2n) is 4.36. The molecule has 2 N–H and O–H groups in total. The summed E-state index contributed by atoms with van der Waals surface area (Å²) in [5.74, 6) is 0.958. The van der Waals surface area contributed by atoms with Crippen molar-refractivity contribution in [3.63, 3.8) is 0 Å². The van der Waals surface area contributed by atoms with Crippen molar-refractivity contribution in [1.82, 2.24) is 0 Å². The molecule has 0 aliphatic heterocycles. The Kier molecular flexibility index (Phi) is 4.85. The van der Waals surface area contributed by atoms with Crippen molar-refractivity contribution in [3.8, 4) is 11.5 Å². The predicted molar refractivity (Wildman–Crippen MR) is 86.1 cm³/mol. The van der Waals surface area contributed by atoms with Crippen LogP contribution in [0.2, 0.25) is 0 Å². The molecule has 21 heavy (non-hydrogen) atoms. The molecule has 5 heteroatoms. The van der Waals surface area contributed by atoms with Crippen molar-refractivity contribution in [3.05, 3.63) is 52.0 Å². The van der Waals surface area contributed by atoms with E-state index in [0.717, 1.165) is 4.47 Å². The second-order valence-corrected chi connectivity index (χ2v) is 5.28. The number of methoxy groups -OCH3 is 1. The molecule has 0 aliphatic rings. The summed E-state index contributed by atoms with van der Waals surface area (Å²) >= 11 is 3.37. The molecule has 2 aromatic rings. The zero-order valence-electron chi connectivity index (χ0n) is 11.9. The van der Waals surface area contributed by atoms with E-state index in [1.54, 1.807) is 30.3 Å². The van der Waals surface area contributed by atoms with E-state index in [-0.39, 0.29) is 5.78 Å². The van der Waals surface area contributed by atoms with Crippen LogP contribution in [-0.4, -0.2) is 19.5 Å². The van der Waals surface area contributed by atoms with E-state index in [2.05, 4.69) is 15.9 Å². The van der Waals surface area contributed by atoms with Crippen LogP contribution in [0.25, 0.3) is 0 Å². The van der Waals surface area contributed by atoms with Gasteiger partial charge in [0.15, 0.2) is 5.78 Å². The standard InChI is InChI=1S/C16H16BrNO3/c1-3-21-14-7-5-11(17)9-12(14)16(19)10-4-6-15(20-2)13(18)8-10/h4-9H,3,18H2,1-2H3. The van der Waals surface area contributed by atoms with Crippen molar-refractivity contribution >= 4 is 27.4 Å². The number of hydrogen-bond donors (Lipinski definition) is 1. The Bertz CT molecular complexity index is 671. The van der Waals surface area contributed by atoms with Gasteiger partial charge in [0.05, 0.1) is 25.0 Å². The molecular formula is C16H16BrNO3. The lowest BCUT2D eigenvalue weighted by Crippen LogP contribution is -2.06. The maximum Gasteiger partial charge on any atom is 0.196 e. The molecule has 0 unspecified atom stereocenters. The number of hydrogen-bond acceptors (Lipinski definition) is 4. The summed E-state index contributed by atoms with van der Waals surface area (Å²) in [6, 6.07) is 10.3. The van der Waals surface area contributed by atoms with E-state index in [9.17, 15) is 4.79 Å². The third-order valence-electron chi connectivity index (χ3n) is 2.98. The normalized spacial score (nSPS) is 10.2. The van der Waals surface area contributed by atoms with E-state index in [1.165, 1.54) is 7.11 Å². The number of ketones is 1. The van der Waals surface area contributed by atoms with Crippen LogP contribution in [0, 0.1) is 0 Å². The highest BCUT2D eigenvalue weighted by atomic mass is 79.9. The van der Waals surface area contributed by atoms with Gasteiger partial charge in [-0.25, -0.2) is 0 Å². The van der Waals surface area contributed by atoms with E-state index >= 15 is 0 Å². The molecule has 0 atom stereocenters. The Balaban J connectivity index is 2.44. The summed E-state index contributed by atoms with van der Waals surface area (Å²) in [4.78, 5) is 12.6. The monoisotopic (exact) mass is 349 g/mol. The van der Waals surface area contributed by atoms with Gasteiger partial charge in [-0.2, -0.15) is 0 Å². The third kappa shape index (κ3) is 3.36. The lowest BCUT2D eigenvalue weighted by atomic mass is 10.0. The Morgan fingerprint density at radius 1 is 1.19 bits per heavy atom. The number of ether oxygens (including phenoxy) is 2. The van der Waals surface area contributed by atoms with Gasteiger partial charge < -0.3 is 15.2 Å². The molecule has 0 amide bonds. The van der Waals surface area contributed by atoms with Crippen molar-refractivity contribution in [2.75, 3.05) is 19.5 Å². The average molecular weight is 350 g/mol. The highest BCUT2D eigenvalue weighted by molar-refractivity contribution is 9.10. The molecule has 0 radical (unpaired) electrons. The lowest BCUT2D eigenvalue weighted by Gasteiger charge is -2.11. The van der Waals surface area contributed by atoms with Gasteiger partial charge in [-0.05, 0) is 43.3 Å². The third-order valence-corrected chi connectivity index (χ3v) is 3.47. The molecule has 4 nitrogen and oxygen atoms in total. The molecule has 0 spiro atoms. The van der Waals surface area contributed by atoms with E-state index in [4.69, 9.17) is 15.2 Å². The number of halogens is 1. The van der Waals surface area contributed by atoms with Gasteiger partial charge in [0.1, 0.15) is 11.5 Å². The van der Waals surface area contributed by atoms with E-state index in [0.29, 0.717) is 34.9 Å². The number of benzene rings is 2. The highest BCUT2D eigenvalue weighted by Gasteiger charge is 2.16. The van der Waals surface area contributed by atoms with Crippen LogP contribution in [0.4, 0.5) is 5.69 Å². The van der Waals surface area contributed by atoms with E-state index in [1.807, 2.05) is 13.0 Å². The summed E-state index contributed by atoms with van der Waals surface area (Å²) in [7, 11) is 1.54. The minimum Gasteiger partial charge on any atom is -0.495 e. The SMILES string of the molecule is CCOc1ccc(Br)cc1C(=O)c1ccc(OC)c(N)c1. The van der Waals surface area contributed by atoms with Crippen LogP contribution in [0.3, 0.4) is 0 Å². The summed E-state index contributed by atoms with van der Waals surface area (Å²) in [5.41, 5.74) is 7.27. The van der Waals surface area contributed by atoms with Crippen LogP contribution < -0.4 is 15.2 Å². The molecule has 0 bridgehead atoms. The Hall–Kier alpha value is -2.01. The summed E-state index contributed by atoms with van der Waals surface area (Å²) in [6.45, 7) is 2.37. The van der Waals surface area contributed by atoms with Crippen molar-refractivity contribution in [2.24, 2.45) is 0 Å². The highest BCUT2D eigenvalue weighted by Crippen LogP contribution is 2.28. The average Bonchev–Trinajstić information content (AvgIpc) is 2.48. The predicted octanol–water partition coefficient (Wildman–Crippen LogP) is 3.67. The maximum atomic E-state index is 12.6. The van der Waals surface area contributed by atoms with Gasteiger partial charge in [-0.15, -0.1) is 0 Å². The van der Waals surface area contributed by atoms with Crippen LogP contribution in [-0.2, 0) is 0 Å². The Labute approximate surface area is 132 Å². The Morgan fingerprint density at radius 2 is 1.90 bits per heavy atom. The molecule has 0 aliphatic carbocycles. The maximum absolute atomic E-state index is 12.6. The number of anilines is 1. The van der Waals surface area contributed by atoms with Gasteiger partial charge in [0.25, 0.3) is 0 Å². The number of carbonyl (C=O) groups excluding carboxylic acids is 1. The summed E-state index contributed by atoms with van der Waals surface area (Å²) in [6.07, 6.45) is 0. The summed E-state index contributed by atoms with van der Waals surface area (Å²) in [5, 5.41) is 0. The van der Waals surface area contributed by atoms with E-state index < -0.39 is 0 Å². The van der Waals surface area contributed by atoms with Crippen molar-refractivity contribution in [2.45, 2.75) is 6.92 Å². The quantitative estimate of drug-likeness (QED) is 0.660. The van der Waals surface area contributed by atoms with Crippen LogP contribution in [0.5, 0.6) is 11.5 Å². The molecule has 0 saturated carbocycles. The van der Waals surface area contributed by atoms with Crippen LogP contribution in [0.15, 0.2) is 40.9 Å². The largest absolute Gasteiger partial charge is 0.495 e. The molecule has 110 valence electrons. The van der Waals surface area contributed by atoms with Crippen molar-refractivity contribution in [1.29, 1.82) is 0 Å². The summed E-state index contributed by atoms with van der Waals surface area (Å²) < 4.78 is 11.4. The fourth-order valence-corrected chi connectivity index (χ4v) is 2.35. The first kappa shape index (κ1) is 15.4. The zero-order chi connectivity index (χ0) is 15.4. The fourth-order valence-electron chi connectivity index (χ4n) is 1.99. The molecule has 0 saturated heterocycles. The number of carbonyl (C=O) groups is 1. The van der Waals surface area contributed by atoms with Gasteiger partial charge >= 0.3 is 0 Å². The Morgan fingerprint density at radius 3 is 2.52 bits per heavy atom. The topological polar surface area (TPSA) is 61.5 Å². The minimum absolute atomic E-state index is 0.144. The fraction of sp³-hybridized carbons (Fsp3) is 0.188. The first-order chi connectivity index (χ1) is 10.1. The van der Waals surface area contributed by atoms with Gasteiger partial charge in [0, 0.05) is 10.0 Å². The van der Waals surface area contributed by atoms with Crippen molar-refractivity contribution < 1.29 is 14.3 Å². The molecule has 0 heterocycles. The number of nitrogens with two attached hydrogens (primary N) is 1. The van der Waals surface area contributed by atoms with Gasteiger partial charge in [-0.3, -0.25) is 4.79 Å². The molecular weight excluding hydrogens is 334 g/mol. The zero-order valence-corrected chi connectivity index (χ0v) is 13.4. The van der Waals surface area contributed by atoms with Gasteiger partial charge in [0.2, 0.25) is 0 Å². The van der Waals surface area contributed by atoms with Crippen LogP contribution >= 0.6 is 15.9 Å². The number of rotatable bonds is 5. The molecule has 2 aromatic carbocycles. The first-order valence-corrected chi connectivity index (χ1v) is 7.26. The molecule has 2 rings (SSSR count). The minimum atomic E-state index is -0.144. The number of nitrogen functional groups attached to an aromatic ring is 1. The lowest BCUT2D eigenvalue weighted by molar-refractivity contribution is 0.103. The van der Waals surface area contributed by atoms with Crippen LogP contribution in [0.1, 0.15) is 22.8 Å². The molecule has 0 aromatic heterocycles.